The topological polar surface area (TPSA) is 20.2 Å². The van der Waals surface area contributed by atoms with E-state index in [1.807, 2.05) is 30.3 Å². The fourth-order valence-electron chi connectivity index (χ4n) is 0.583. The molecule has 0 aromatic heterocycles. The first-order valence-corrected chi connectivity index (χ1v) is 2.58. The second-order valence-electron chi connectivity index (χ2n) is 1.64. The monoisotopic (exact) mass is 250 g/mol. The van der Waals surface area contributed by atoms with E-state index in [2.05, 4.69) is 0 Å². The van der Waals surface area contributed by atoms with Crippen molar-refractivity contribution in [3.63, 3.8) is 0 Å². The van der Waals surface area contributed by atoms with Crippen LogP contribution in [-0.4, -0.2) is 5.11 Å². The van der Waals surface area contributed by atoms with Crippen LogP contribution in [0.25, 0.3) is 0 Å². The summed E-state index contributed by atoms with van der Waals surface area (Å²) in [6.45, 7) is 0.140. The fourth-order valence-corrected chi connectivity index (χ4v) is 0.583. The molecular formula is C7H8NdO. The molecule has 0 amide bonds. The Morgan fingerprint density at radius 1 is 1.11 bits per heavy atom. The Balaban J connectivity index is 0.000000640. The molecule has 9 heavy (non-hydrogen) atoms. The first-order valence-electron chi connectivity index (χ1n) is 2.58. The average molecular weight is 252 g/mol. The molecule has 0 saturated heterocycles. The van der Waals surface area contributed by atoms with Gasteiger partial charge in [-0.15, -0.1) is 0 Å². The van der Waals surface area contributed by atoms with Gasteiger partial charge in [0.25, 0.3) is 0 Å². The van der Waals surface area contributed by atoms with Crippen LogP contribution in [0.2, 0.25) is 0 Å². The van der Waals surface area contributed by atoms with E-state index in [1.54, 1.807) is 0 Å². The average Bonchev–Trinajstić information content (AvgIpc) is 1.90. The molecule has 0 bridgehead atoms. The molecule has 0 atom stereocenters. The van der Waals surface area contributed by atoms with Crippen LogP contribution in [0.5, 0.6) is 0 Å². The van der Waals surface area contributed by atoms with Gasteiger partial charge in [0.05, 0.1) is 6.61 Å². The first kappa shape index (κ1) is 9.53. The number of aliphatic hydroxyl groups excluding tert-OH is 1. The summed E-state index contributed by atoms with van der Waals surface area (Å²) in [4.78, 5) is 0. The number of hydrogen-bond acceptors (Lipinski definition) is 1. The Hall–Kier alpha value is 0.531. The smallest absolute Gasteiger partial charge is 0.0681 e. The Labute approximate surface area is 87.6 Å². The molecule has 1 N–H and O–H groups in total. The van der Waals surface area contributed by atoms with E-state index in [1.165, 1.54) is 0 Å². The second kappa shape index (κ2) is 5.33. The van der Waals surface area contributed by atoms with Gasteiger partial charge in [0.2, 0.25) is 0 Å². The van der Waals surface area contributed by atoms with Crippen molar-refractivity contribution in [2.75, 3.05) is 0 Å². The van der Waals surface area contributed by atoms with Crippen molar-refractivity contribution in [3.8, 4) is 0 Å². The van der Waals surface area contributed by atoms with Crippen LogP contribution in [0.15, 0.2) is 30.3 Å². The molecule has 0 unspecified atom stereocenters. The largest absolute Gasteiger partial charge is 0.392 e. The summed E-state index contributed by atoms with van der Waals surface area (Å²) >= 11 is 0. The zero-order valence-electron chi connectivity index (χ0n) is 5.04. The van der Waals surface area contributed by atoms with Crippen LogP contribution >= 0.6 is 0 Å². The number of rotatable bonds is 1. The predicted molar refractivity (Wildman–Crippen MR) is 32.4 cm³/mol. The van der Waals surface area contributed by atoms with Crippen molar-refractivity contribution in [1.29, 1.82) is 0 Å². The van der Waals surface area contributed by atoms with Crippen molar-refractivity contribution < 1.29 is 45.9 Å². The number of benzene rings is 1. The van der Waals surface area contributed by atoms with Crippen LogP contribution in [0.1, 0.15) is 5.56 Å². The van der Waals surface area contributed by atoms with Crippen LogP contribution in [0, 0.1) is 40.8 Å². The zero-order chi connectivity index (χ0) is 5.82. The molecule has 2 heteroatoms. The third-order valence-corrected chi connectivity index (χ3v) is 1.03. The number of aliphatic hydroxyl groups is 1. The summed E-state index contributed by atoms with van der Waals surface area (Å²) in [6.07, 6.45) is 0. The van der Waals surface area contributed by atoms with E-state index < -0.39 is 0 Å². The van der Waals surface area contributed by atoms with Crippen molar-refractivity contribution in [3.05, 3.63) is 35.9 Å². The molecular weight excluding hydrogens is 244 g/mol. The predicted octanol–water partition coefficient (Wildman–Crippen LogP) is 1.18. The van der Waals surface area contributed by atoms with E-state index in [9.17, 15) is 0 Å². The van der Waals surface area contributed by atoms with Crippen molar-refractivity contribution in [2.24, 2.45) is 0 Å². The van der Waals surface area contributed by atoms with Crippen LogP contribution in [-0.2, 0) is 6.61 Å². The van der Waals surface area contributed by atoms with Crippen molar-refractivity contribution in [2.45, 2.75) is 6.61 Å². The van der Waals surface area contributed by atoms with Gasteiger partial charge < -0.3 is 5.11 Å². The van der Waals surface area contributed by atoms with Crippen LogP contribution in [0.4, 0.5) is 0 Å². The number of hydrogen-bond donors (Lipinski definition) is 1. The van der Waals surface area contributed by atoms with Gasteiger partial charge in [-0.3, -0.25) is 0 Å². The normalized spacial score (nSPS) is 8.11. The van der Waals surface area contributed by atoms with Gasteiger partial charge in [0.1, 0.15) is 0 Å². The summed E-state index contributed by atoms with van der Waals surface area (Å²) < 4.78 is 0. The quantitative estimate of drug-likeness (QED) is 0.796. The van der Waals surface area contributed by atoms with Gasteiger partial charge >= 0.3 is 0 Å². The molecule has 0 spiro atoms. The van der Waals surface area contributed by atoms with E-state index >= 15 is 0 Å². The summed E-state index contributed by atoms with van der Waals surface area (Å²) in [5, 5.41) is 8.54. The molecule has 1 aromatic carbocycles. The maximum Gasteiger partial charge on any atom is 0.0681 e. The third kappa shape index (κ3) is 3.28. The van der Waals surface area contributed by atoms with E-state index in [0.29, 0.717) is 0 Å². The SMILES string of the molecule is OCc1ccccc1.[Nd]. The summed E-state index contributed by atoms with van der Waals surface area (Å²) in [5.41, 5.74) is 0.965. The maximum absolute atomic E-state index is 8.54. The molecule has 1 nitrogen and oxygen atoms in total. The summed E-state index contributed by atoms with van der Waals surface area (Å²) in [7, 11) is 0. The first-order chi connectivity index (χ1) is 3.93. The van der Waals surface area contributed by atoms with Gasteiger partial charge in [-0.2, -0.15) is 0 Å². The summed E-state index contributed by atoms with van der Waals surface area (Å²) in [6, 6.07) is 9.52. The molecule has 0 fully saturated rings. The van der Waals surface area contributed by atoms with Gasteiger partial charge in [0, 0.05) is 40.8 Å². The molecule has 1 rings (SSSR count). The third-order valence-electron chi connectivity index (χ3n) is 1.03. The molecule has 0 aliphatic rings. The zero-order valence-corrected chi connectivity index (χ0v) is 8.25. The van der Waals surface area contributed by atoms with Gasteiger partial charge in [-0.05, 0) is 5.56 Å². The molecule has 0 aliphatic heterocycles. The summed E-state index contributed by atoms with van der Waals surface area (Å²) in [5.74, 6) is 0. The molecule has 1 aromatic rings. The Bertz CT molecular complexity index is 150. The standard InChI is InChI=1S/C7H8O.Nd/c8-6-7-4-2-1-3-5-7;/h1-5,8H,6H2;. The van der Waals surface area contributed by atoms with Gasteiger partial charge in [0.15, 0.2) is 0 Å². The molecule has 0 saturated carbocycles. The van der Waals surface area contributed by atoms with Crippen molar-refractivity contribution >= 4 is 0 Å². The van der Waals surface area contributed by atoms with E-state index in [0.717, 1.165) is 5.56 Å². The van der Waals surface area contributed by atoms with Crippen LogP contribution in [0.3, 0.4) is 0 Å². The van der Waals surface area contributed by atoms with E-state index in [4.69, 9.17) is 5.11 Å². The second-order valence-corrected chi connectivity index (χ2v) is 1.64. The fraction of sp³-hybridized carbons (Fsp3) is 0.143. The van der Waals surface area contributed by atoms with Crippen molar-refractivity contribution in [1.82, 2.24) is 0 Å². The van der Waals surface area contributed by atoms with Gasteiger partial charge in [-0.25, -0.2) is 0 Å². The molecule has 0 radical (unpaired) electrons. The minimum absolute atomic E-state index is 0. The van der Waals surface area contributed by atoms with Gasteiger partial charge in [-0.1, -0.05) is 30.3 Å². The molecule has 0 aliphatic carbocycles. The van der Waals surface area contributed by atoms with Crippen LogP contribution < -0.4 is 0 Å². The minimum atomic E-state index is 0. The Kier molecular flexibility index (Phi) is 5.64. The Morgan fingerprint density at radius 2 is 1.67 bits per heavy atom. The minimum Gasteiger partial charge on any atom is -0.392 e. The van der Waals surface area contributed by atoms with E-state index in [-0.39, 0.29) is 47.4 Å². The maximum atomic E-state index is 8.54. The molecule has 0 heterocycles. The Morgan fingerprint density at radius 3 is 2.00 bits per heavy atom. The molecule has 46 valence electrons.